The molecule has 0 aliphatic carbocycles. The van der Waals surface area contributed by atoms with Crippen LogP contribution in [0.1, 0.15) is 19.8 Å². The van der Waals surface area contributed by atoms with E-state index in [4.69, 9.17) is 4.74 Å². The molecule has 0 aliphatic heterocycles. The van der Waals surface area contributed by atoms with E-state index in [9.17, 15) is 9.90 Å². The number of hydrogen-bond donors (Lipinski definition) is 3. The van der Waals surface area contributed by atoms with Crippen LogP contribution in [0.3, 0.4) is 0 Å². The van der Waals surface area contributed by atoms with Crippen LogP contribution in [0.4, 0.5) is 10.5 Å². The molecule has 0 saturated carbocycles. The highest BCUT2D eigenvalue weighted by Crippen LogP contribution is 2.14. The van der Waals surface area contributed by atoms with E-state index in [1.54, 1.807) is 31.4 Å². The smallest absolute Gasteiger partial charge is 0.319 e. The van der Waals surface area contributed by atoms with E-state index in [-0.39, 0.29) is 12.1 Å². The minimum atomic E-state index is -0.355. The summed E-state index contributed by atoms with van der Waals surface area (Å²) in [6.07, 6.45) is 0.903. The van der Waals surface area contributed by atoms with Gasteiger partial charge in [0.1, 0.15) is 5.75 Å². The number of amides is 2. The van der Waals surface area contributed by atoms with Gasteiger partial charge in [-0.1, -0.05) is 6.92 Å². The Morgan fingerprint density at radius 2 is 2.06 bits per heavy atom. The first-order chi connectivity index (χ1) is 8.65. The molecular formula is C13H20N2O3. The zero-order valence-corrected chi connectivity index (χ0v) is 10.8. The maximum Gasteiger partial charge on any atom is 0.319 e. The van der Waals surface area contributed by atoms with E-state index < -0.39 is 0 Å². The maximum atomic E-state index is 11.5. The summed E-state index contributed by atoms with van der Waals surface area (Å²) in [4.78, 5) is 11.5. The van der Waals surface area contributed by atoms with Gasteiger partial charge in [-0.3, -0.25) is 0 Å². The molecule has 0 fully saturated rings. The number of carbonyl (C=O) groups is 1. The van der Waals surface area contributed by atoms with Crippen LogP contribution in [0.2, 0.25) is 0 Å². The SMILES string of the molecule is CCC(O)CCNC(=O)Nc1ccc(OC)cc1. The third kappa shape index (κ3) is 5.05. The van der Waals surface area contributed by atoms with Crippen molar-refractivity contribution in [3.05, 3.63) is 24.3 Å². The molecule has 0 spiro atoms. The molecule has 1 rings (SSSR count). The van der Waals surface area contributed by atoms with E-state index in [0.29, 0.717) is 25.1 Å². The van der Waals surface area contributed by atoms with Crippen molar-refractivity contribution in [1.29, 1.82) is 0 Å². The summed E-state index contributed by atoms with van der Waals surface area (Å²) >= 11 is 0. The van der Waals surface area contributed by atoms with Crippen LogP contribution in [0.5, 0.6) is 5.75 Å². The molecule has 0 saturated heterocycles. The Bertz CT molecular complexity index is 365. The first kappa shape index (κ1) is 14.3. The minimum Gasteiger partial charge on any atom is -0.497 e. The van der Waals surface area contributed by atoms with Gasteiger partial charge in [-0.15, -0.1) is 0 Å². The van der Waals surface area contributed by atoms with Gasteiger partial charge < -0.3 is 20.5 Å². The molecule has 0 radical (unpaired) electrons. The van der Waals surface area contributed by atoms with Crippen LogP contribution < -0.4 is 15.4 Å². The van der Waals surface area contributed by atoms with Crippen LogP contribution in [0.15, 0.2) is 24.3 Å². The van der Waals surface area contributed by atoms with Crippen molar-refractivity contribution in [1.82, 2.24) is 5.32 Å². The topological polar surface area (TPSA) is 70.6 Å². The van der Waals surface area contributed by atoms with E-state index in [2.05, 4.69) is 10.6 Å². The standard InChI is InChI=1S/C13H20N2O3/c1-3-11(16)8-9-14-13(17)15-10-4-6-12(18-2)7-5-10/h4-7,11,16H,3,8-9H2,1-2H3,(H2,14,15,17). The number of hydrogen-bond acceptors (Lipinski definition) is 3. The summed E-state index contributed by atoms with van der Waals surface area (Å²) in [5.74, 6) is 0.743. The van der Waals surface area contributed by atoms with Gasteiger partial charge in [-0.05, 0) is 37.1 Å². The number of nitrogens with one attached hydrogen (secondary N) is 2. The van der Waals surface area contributed by atoms with Gasteiger partial charge in [0.2, 0.25) is 0 Å². The minimum absolute atomic E-state index is 0.275. The van der Waals surface area contributed by atoms with Crippen molar-refractivity contribution >= 4 is 11.7 Å². The second-order valence-electron chi connectivity index (χ2n) is 3.96. The highest BCUT2D eigenvalue weighted by atomic mass is 16.5. The molecule has 1 atom stereocenters. The van der Waals surface area contributed by atoms with Crippen molar-refractivity contribution in [2.75, 3.05) is 19.0 Å². The highest BCUT2D eigenvalue weighted by molar-refractivity contribution is 5.89. The molecule has 0 aliphatic rings. The monoisotopic (exact) mass is 252 g/mol. The number of carbonyl (C=O) groups excluding carboxylic acids is 1. The average molecular weight is 252 g/mol. The molecule has 2 amide bonds. The molecule has 3 N–H and O–H groups in total. The molecule has 100 valence electrons. The van der Waals surface area contributed by atoms with Crippen molar-refractivity contribution in [3.63, 3.8) is 0 Å². The number of benzene rings is 1. The summed E-state index contributed by atoms with van der Waals surface area (Å²) in [5.41, 5.74) is 0.698. The predicted octanol–water partition coefficient (Wildman–Crippen LogP) is 1.98. The van der Waals surface area contributed by atoms with Crippen LogP contribution >= 0.6 is 0 Å². The van der Waals surface area contributed by atoms with Crippen LogP contribution in [0, 0.1) is 0 Å². The van der Waals surface area contributed by atoms with Crippen molar-refractivity contribution in [3.8, 4) is 5.75 Å². The lowest BCUT2D eigenvalue weighted by Gasteiger charge is -2.10. The van der Waals surface area contributed by atoms with Gasteiger partial charge in [-0.2, -0.15) is 0 Å². The Balaban J connectivity index is 2.30. The van der Waals surface area contributed by atoms with Gasteiger partial charge in [-0.25, -0.2) is 4.79 Å². The normalized spacial score (nSPS) is 11.7. The maximum absolute atomic E-state index is 11.5. The molecule has 0 heterocycles. The van der Waals surface area contributed by atoms with E-state index in [1.807, 2.05) is 6.92 Å². The molecule has 0 bridgehead atoms. The first-order valence-corrected chi connectivity index (χ1v) is 6.02. The molecule has 5 heteroatoms. The molecule has 1 aromatic rings. The Morgan fingerprint density at radius 1 is 1.39 bits per heavy atom. The number of ether oxygens (including phenoxy) is 1. The Hall–Kier alpha value is -1.75. The molecule has 18 heavy (non-hydrogen) atoms. The van der Waals surface area contributed by atoms with Gasteiger partial charge in [0, 0.05) is 12.2 Å². The zero-order valence-electron chi connectivity index (χ0n) is 10.8. The summed E-state index contributed by atoms with van der Waals surface area (Å²) in [7, 11) is 1.59. The molecular weight excluding hydrogens is 232 g/mol. The Morgan fingerprint density at radius 3 is 2.61 bits per heavy atom. The second-order valence-corrected chi connectivity index (χ2v) is 3.96. The van der Waals surface area contributed by atoms with Gasteiger partial charge in [0.25, 0.3) is 0 Å². The van der Waals surface area contributed by atoms with Crippen LogP contribution in [-0.4, -0.2) is 30.9 Å². The van der Waals surface area contributed by atoms with E-state index in [1.165, 1.54) is 0 Å². The third-order valence-electron chi connectivity index (χ3n) is 2.58. The quantitative estimate of drug-likeness (QED) is 0.725. The van der Waals surface area contributed by atoms with Crippen molar-refractivity contribution in [2.45, 2.75) is 25.9 Å². The van der Waals surface area contributed by atoms with Crippen LogP contribution in [0.25, 0.3) is 0 Å². The largest absolute Gasteiger partial charge is 0.497 e. The van der Waals surface area contributed by atoms with Crippen molar-refractivity contribution in [2.24, 2.45) is 0 Å². The molecule has 1 unspecified atom stereocenters. The second kappa shape index (κ2) is 7.55. The lowest BCUT2D eigenvalue weighted by molar-refractivity contribution is 0.160. The summed E-state index contributed by atoms with van der Waals surface area (Å²) in [6, 6.07) is 6.80. The molecule has 0 aromatic heterocycles. The average Bonchev–Trinajstić information content (AvgIpc) is 2.39. The molecule has 5 nitrogen and oxygen atoms in total. The van der Waals surface area contributed by atoms with Crippen LogP contribution in [-0.2, 0) is 0 Å². The van der Waals surface area contributed by atoms with E-state index >= 15 is 0 Å². The van der Waals surface area contributed by atoms with Crippen molar-refractivity contribution < 1.29 is 14.6 Å². The zero-order chi connectivity index (χ0) is 13.4. The highest BCUT2D eigenvalue weighted by Gasteiger charge is 2.04. The molecule has 1 aromatic carbocycles. The lowest BCUT2D eigenvalue weighted by Crippen LogP contribution is -2.31. The number of urea groups is 1. The van der Waals surface area contributed by atoms with E-state index in [0.717, 1.165) is 5.75 Å². The van der Waals surface area contributed by atoms with Gasteiger partial charge in [0.05, 0.1) is 13.2 Å². The number of aliphatic hydroxyl groups is 1. The Labute approximate surface area is 107 Å². The fourth-order valence-corrected chi connectivity index (χ4v) is 1.41. The fourth-order valence-electron chi connectivity index (χ4n) is 1.41. The van der Waals surface area contributed by atoms with Gasteiger partial charge >= 0.3 is 6.03 Å². The third-order valence-corrected chi connectivity index (χ3v) is 2.58. The fraction of sp³-hybridized carbons (Fsp3) is 0.462. The summed E-state index contributed by atoms with van der Waals surface area (Å²) in [6.45, 7) is 2.36. The summed E-state index contributed by atoms with van der Waals surface area (Å²) in [5, 5.41) is 14.7. The predicted molar refractivity (Wildman–Crippen MR) is 70.9 cm³/mol. The lowest BCUT2D eigenvalue weighted by atomic mass is 10.2. The number of anilines is 1. The van der Waals surface area contributed by atoms with Gasteiger partial charge in [0.15, 0.2) is 0 Å². The number of rotatable bonds is 6. The summed E-state index contributed by atoms with van der Waals surface area (Å²) < 4.78 is 5.02. The first-order valence-electron chi connectivity index (χ1n) is 6.02. The Kier molecular flexibility index (Phi) is 6.00. The number of methoxy groups -OCH3 is 1. The number of aliphatic hydroxyl groups excluding tert-OH is 1.